The van der Waals surface area contributed by atoms with Crippen LogP contribution in [0, 0.1) is 0 Å². The monoisotopic (exact) mass is 257 g/mol. The highest BCUT2D eigenvalue weighted by Crippen LogP contribution is 2.22. The molecule has 1 atom stereocenters. The predicted molar refractivity (Wildman–Crippen MR) is 66.8 cm³/mol. The van der Waals surface area contributed by atoms with Crippen LogP contribution in [0.1, 0.15) is 18.1 Å². The maximum absolute atomic E-state index is 10.9. The molecular formula is C12H16ClNO3. The molecule has 5 heteroatoms. The van der Waals surface area contributed by atoms with Crippen LogP contribution in [-0.2, 0) is 17.8 Å². The lowest BCUT2D eigenvalue weighted by molar-refractivity contribution is -0.139. The van der Waals surface area contributed by atoms with Crippen molar-refractivity contribution in [3.63, 3.8) is 0 Å². The Balaban J connectivity index is 0.00000144. The van der Waals surface area contributed by atoms with E-state index in [9.17, 15) is 4.79 Å². The Morgan fingerprint density at radius 1 is 1.53 bits per heavy atom. The van der Waals surface area contributed by atoms with Crippen molar-refractivity contribution in [2.45, 2.75) is 25.9 Å². The molecule has 94 valence electrons. The Labute approximate surface area is 106 Å². The van der Waals surface area contributed by atoms with Gasteiger partial charge in [-0.15, -0.1) is 12.4 Å². The topological polar surface area (TPSA) is 58.6 Å². The van der Waals surface area contributed by atoms with Gasteiger partial charge in [0, 0.05) is 6.54 Å². The first kappa shape index (κ1) is 13.8. The first-order chi connectivity index (χ1) is 7.70. The fraction of sp³-hybridized carbons (Fsp3) is 0.417. The van der Waals surface area contributed by atoms with Gasteiger partial charge in [-0.2, -0.15) is 0 Å². The average molecular weight is 258 g/mol. The SMILES string of the molecule is CCOc1ccc2c(c1)CC(C(=O)O)NC2.Cl. The Kier molecular flexibility index (Phi) is 4.78. The van der Waals surface area contributed by atoms with Gasteiger partial charge in [0.2, 0.25) is 0 Å². The summed E-state index contributed by atoms with van der Waals surface area (Å²) in [5.41, 5.74) is 2.22. The zero-order chi connectivity index (χ0) is 11.5. The molecule has 17 heavy (non-hydrogen) atoms. The third-order valence-corrected chi connectivity index (χ3v) is 2.75. The smallest absolute Gasteiger partial charge is 0.321 e. The third kappa shape index (κ3) is 3.11. The summed E-state index contributed by atoms with van der Waals surface area (Å²) in [5.74, 6) is 0.0137. The highest BCUT2D eigenvalue weighted by atomic mass is 35.5. The number of carboxylic acids is 1. The molecular weight excluding hydrogens is 242 g/mol. The minimum Gasteiger partial charge on any atom is -0.494 e. The molecule has 0 aromatic heterocycles. The summed E-state index contributed by atoms with van der Waals surface area (Å²) in [6.07, 6.45) is 0.519. The minimum atomic E-state index is -0.799. The van der Waals surface area contributed by atoms with Gasteiger partial charge in [0.1, 0.15) is 11.8 Å². The fourth-order valence-corrected chi connectivity index (χ4v) is 1.92. The molecule has 0 bridgehead atoms. The molecule has 2 N–H and O–H groups in total. The van der Waals surface area contributed by atoms with E-state index in [1.54, 1.807) is 0 Å². The van der Waals surface area contributed by atoms with E-state index in [0.29, 0.717) is 19.6 Å². The Morgan fingerprint density at radius 2 is 2.29 bits per heavy atom. The van der Waals surface area contributed by atoms with Crippen molar-refractivity contribution in [2.75, 3.05) is 6.61 Å². The number of rotatable bonds is 3. The molecule has 0 spiro atoms. The van der Waals surface area contributed by atoms with Crippen LogP contribution in [0.3, 0.4) is 0 Å². The number of halogens is 1. The van der Waals surface area contributed by atoms with Crippen molar-refractivity contribution in [3.05, 3.63) is 29.3 Å². The molecule has 1 aromatic rings. The summed E-state index contributed by atoms with van der Waals surface area (Å²) in [7, 11) is 0. The van der Waals surface area contributed by atoms with E-state index in [4.69, 9.17) is 9.84 Å². The number of carbonyl (C=O) groups is 1. The van der Waals surface area contributed by atoms with Gasteiger partial charge in [-0.05, 0) is 36.6 Å². The maximum Gasteiger partial charge on any atom is 0.321 e. The zero-order valence-electron chi connectivity index (χ0n) is 9.60. The van der Waals surface area contributed by atoms with Gasteiger partial charge in [-0.25, -0.2) is 0 Å². The highest BCUT2D eigenvalue weighted by molar-refractivity contribution is 5.85. The van der Waals surface area contributed by atoms with Gasteiger partial charge in [-0.3, -0.25) is 4.79 Å². The molecule has 0 saturated carbocycles. The van der Waals surface area contributed by atoms with Crippen molar-refractivity contribution >= 4 is 18.4 Å². The van der Waals surface area contributed by atoms with Crippen LogP contribution >= 0.6 is 12.4 Å². The van der Waals surface area contributed by atoms with Crippen LogP contribution < -0.4 is 10.1 Å². The summed E-state index contributed by atoms with van der Waals surface area (Å²) in [6, 6.07) is 5.37. The third-order valence-electron chi connectivity index (χ3n) is 2.75. The van der Waals surface area contributed by atoms with Gasteiger partial charge in [0.25, 0.3) is 0 Å². The van der Waals surface area contributed by atoms with Gasteiger partial charge >= 0.3 is 5.97 Å². The van der Waals surface area contributed by atoms with Gasteiger partial charge in [-0.1, -0.05) is 6.07 Å². The summed E-state index contributed by atoms with van der Waals surface area (Å²) >= 11 is 0. The number of aliphatic carboxylic acids is 1. The first-order valence-corrected chi connectivity index (χ1v) is 5.41. The molecule has 0 saturated heterocycles. The minimum absolute atomic E-state index is 0. The van der Waals surface area contributed by atoms with Crippen LogP contribution in [0.5, 0.6) is 5.75 Å². The number of hydrogen-bond acceptors (Lipinski definition) is 3. The van der Waals surface area contributed by atoms with Crippen LogP contribution in [0.15, 0.2) is 18.2 Å². The molecule has 1 aliphatic rings. The van der Waals surface area contributed by atoms with Crippen LogP contribution in [0.2, 0.25) is 0 Å². The van der Waals surface area contributed by atoms with Crippen molar-refractivity contribution in [1.29, 1.82) is 0 Å². The standard InChI is InChI=1S/C12H15NO3.ClH/c1-2-16-10-4-3-8-7-13-11(12(14)15)6-9(8)5-10;/h3-5,11,13H,2,6-7H2,1H3,(H,14,15);1H. The lowest BCUT2D eigenvalue weighted by Crippen LogP contribution is -2.41. The van der Waals surface area contributed by atoms with Crippen LogP contribution in [0.25, 0.3) is 0 Å². The molecule has 1 heterocycles. The predicted octanol–water partition coefficient (Wildman–Crippen LogP) is 1.61. The van der Waals surface area contributed by atoms with E-state index in [-0.39, 0.29) is 12.4 Å². The van der Waals surface area contributed by atoms with E-state index in [1.807, 2.05) is 25.1 Å². The largest absolute Gasteiger partial charge is 0.494 e. The molecule has 1 aliphatic heterocycles. The van der Waals surface area contributed by atoms with E-state index >= 15 is 0 Å². The van der Waals surface area contributed by atoms with Gasteiger partial charge in [0.05, 0.1) is 6.61 Å². The lowest BCUT2D eigenvalue weighted by Gasteiger charge is -2.23. The van der Waals surface area contributed by atoms with E-state index in [2.05, 4.69) is 5.32 Å². The molecule has 0 amide bonds. The normalized spacial score (nSPS) is 17.8. The fourth-order valence-electron chi connectivity index (χ4n) is 1.92. The maximum atomic E-state index is 10.9. The number of carboxylic acid groups (broad SMARTS) is 1. The van der Waals surface area contributed by atoms with Crippen molar-refractivity contribution in [1.82, 2.24) is 5.32 Å². The number of nitrogens with one attached hydrogen (secondary N) is 1. The van der Waals surface area contributed by atoms with Crippen molar-refractivity contribution < 1.29 is 14.6 Å². The number of ether oxygens (including phenoxy) is 1. The average Bonchev–Trinajstić information content (AvgIpc) is 2.28. The Bertz CT molecular complexity index is 409. The zero-order valence-corrected chi connectivity index (χ0v) is 10.4. The second-order valence-electron chi connectivity index (χ2n) is 3.84. The van der Waals surface area contributed by atoms with E-state index in [1.165, 1.54) is 0 Å². The van der Waals surface area contributed by atoms with Gasteiger partial charge in [0.15, 0.2) is 0 Å². The summed E-state index contributed by atoms with van der Waals surface area (Å²) < 4.78 is 5.40. The van der Waals surface area contributed by atoms with E-state index in [0.717, 1.165) is 16.9 Å². The van der Waals surface area contributed by atoms with Crippen LogP contribution in [0.4, 0.5) is 0 Å². The second kappa shape index (κ2) is 5.89. The summed E-state index contributed by atoms with van der Waals surface area (Å²) in [5, 5.41) is 11.9. The summed E-state index contributed by atoms with van der Waals surface area (Å²) in [4.78, 5) is 10.9. The van der Waals surface area contributed by atoms with Gasteiger partial charge < -0.3 is 15.2 Å². The lowest BCUT2D eigenvalue weighted by atomic mass is 9.95. The highest BCUT2D eigenvalue weighted by Gasteiger charge is 2.23. The second-order valence-corrected chi connectivity index (χ2v) is 3.84. The van der Waals surface area contributed by atoms with E-state index < -0.39 is 12.0 Å². The molecule has 0 radical (unpaired) electrons. The molecule has 0 fully saturated rings. The van der Waals surface area contributed by atoms with Crippen molar-refractivity contribution in [3.8, 4) is 5.75 Å². The number of benzene rings is 1. The molecule has 1 unspecified atom stereocenters. The first-order valence-electron chi connectivity index (χ1n) is 5.41. The molecule has 0 aliphatic carbocycles. The quantitative estimate of drug-likeness (QED) is 0.864. The molecule has 2 rings (SSSR count). The van der Waals surface area contributed by atoms with Crippen LogP contribution in [-0.4, -0.2) is 23.7 Å². The Hall–Kier alpha value is -1.26. The Morgan fingerprint density at radius 3 is 2.94 bits per heavy atom. The molecule has 1 aromatic carbocycles. The molecule has 4 nitrogen and oxygen atoms in total. The number of fused-ring (bicyclic) bond motifs is 1. The number of hydrogen-bond donors (Lipinski definition) is 2. The van der Waals surface area contributed by atoms with Crippen molar-refractivity contribution in [2.24, 2.45) is 0 Å². The summed E-state index contributed by atoms with van der Waals surface area (Å²) in [6.45, 7) is 3.17.